The zero-order valence-electron chi connectivity index (χ0n) is 21.1. The number of carbonyl (C=O) groups excluding carboxylic acids is 3. The van der Waals surface area contributed by atoms with Gasteiger partial charge in [-0.25, -0.2) is 4.52 Å². The van der Waals surface area contributed by atoms with Crippen molar-refractivity contribution in [2.24, 2.45) is 5.73 Å². The molecule has 0 spiro atoms. The first kappa shape index (κ1) is 25.0. The van der Waals surface area contributed by atoms with Gasteiger partial charge in [-0.2, -0.15) is 0 Å². The summed E-state index contributed by atoms with van der Waals surface area (Å²) >= 11 is 0. The highest BCUT2D eigenvalue weighted by Gasteiger charge is 2.23. The molecule has 3 aromatic heterocycles. The molecular weight excluding hydrogens is 484 g/mol. The van der Waals surface area contributed by atoms with Crippen LogP contribution in [0.1, 0.15) is 46.3 Å². The second-order valence-corrected chi connectivity index (χ2v) is 9.45. The van der Waals surface area contributed by atoms with E-state index in [4.69, 9.17) is 5.73 Å². The smallest absolute Gasteiger partial charge is 0.278 e. The van der Waals surface area contributed by atoms with Crippen molar-refractivity contribution in [3.63, 3.8) is 0 Å². The Morgan fingerprint density at radius 1 is 1.11 bits per heavy atom. The topological polar surface area (TPSA) is 148 Å². The lowest BCUT2D eigenvalue weighted by molar-refractivity contribution is -0.117. The molecule has 1 aliphatic rings. The predicted molar refractivity (Wildman–Crippen MR) is 143 cm³/mol. The third-order valence-corrected chi connectivity index (χ3v) is 6.76. The molecule has 0 radical (unpaired) electrons. The van der Waals surface area contributed by atoms with Gasteiger partial charge in [-0.15, -0.1) is 5.10 Å². The number of benzene rings is 1. The number of likely N-dealkylation sites (tertiary alicyclic amines) is 1. The minimum absolute atomic E-state index is 0.122. The number of hydrogen-bond acceptors (Lipinski definition) is 7. The summed E-state index contributed by atoms with van der Waals surface area (Å²) in [6, 6.07) is 12.6. The summed E-state index contributed by atoms with van der Waals surface area (Å²) in [5.41, 5.74) is 9.56. The summed E-state index contributed by atoms with van der Waals surface area (Å²) in [7, 11) is 0. The van der Waals surface area contributed by atoms with Gasteiger partial charge in [-0.3, -0.25) is 24.3 Å². The van der Waals surface area contributed by atoms with E-state index >= 15 is 0 Å². The van der Waals surface area contributed by atoms with Gasteiger partial charge in [-0.05, 0) is 63.1 Å². The molecule has 1 atom stereocenters. The molecule has 0 saturated carbocycles. The number of fused-ring (bicyclic) bond motifs is 1. The fourth-order valence-corrected chi connectivity index (χ4v) is 4.60. The van der Waals surface area contributed by atoms with Crippen LogP contribution in [0.25, 0.3) is 16.6 Å². The molecule has 1 fully saturated rings. The Balaban J connectivity index is 1.31. The quantitative estimate of drug-likeness (QED) is 0.345. The molecule has 4 aromatic rings. The first-order chi connectivity index (χ1) is 18.3. The Labute approximate surface area is 219 Å². The Kier molecular flexibility index (Phi) is 6.84. The van der Waals surface area contributed by atoms with Crippen LogP contribution in [0, 0.1) is 6.92 Å². The molecule has 0 aliphatic carbocycles. The number of hydrogen-bond donors (Lipinski definition) is 3. The van der Waals surface area contributed by atoms with Crippen molar-refractivity contribution in [2.75, 3.05) is 23.7 Å². The number of nitrogens with one attached hydrogen (secondary N) is 2. The summed E-state index contributed by atoms with van der Waals surface area (Å²) < 4.78 is 1.50. The number of rotatable bonds is 7. The maximum absolute atomic E-state index is 13.1. The SMILES string of the molecule is Cc1ncc(NC(=O)CN2CCC[C@@H]2C)cc1NC(=O)c1nnn2cc(-c3cccc(C(N)=O)c3)ccc12. The van der Waals surface area contributed by atoms with Gasteiger partial charge < -0.3 is 16.4 Å². The second-order valence-electron chi connectivity index (χ2n) is 9.45. The zero-order chi connectivity index (χ0) is 26.8. The molecule has 3 amide bonds. The highest BCUT2D eigenvalue weighted by molar-refractivity contribution is 6.08. The summed E-state index contributed by atoms with van der Waals surface area (Å²) in [6.45, 7) is 5.12. The normalized spacial score (nSPS) is 15.5. The fourth-order valence-electron chi connectivity index (χ4n) is 4.60. The monoisotopic (exact) mass is 512 g/mol. The van der Waals surface area contributed by atoms with Crippen molar-refractivity contribution in [3.05, 3.63) is 71.8 Å². The number of primary amides is 1. The minimum atomic E-state index is -0.512. The Morgan fingerprint density at radius 3 is 2.71 bits per heavy atom. The van der Waals surface area contributed by atoms with E-state index in [1.54, 1.807) is 49.6 Å². The highest BCUT2D eigenvalue weighted by Crippen LogP contribution is 2.23. The number of carbonyl (C=O) groups is 3. The number of nitrogens with two attached hydrogens (primary N) is 1. The van der Waals surface area contributed by atoms with E-state index in [9.17, 15) is 14.4 Å². The van der Waals surface area contributed by atoms with Crippen LogP contribution in [0.4, 0.5) is 11.4 Å². The lowest BCUT2D eigenvalue weighted by Crippen LogP contribution is -2.35. The number of amides is 3. The molecule has 0 bridgehead atoms. The van der Waals surface area contributed by atoms with Gasteiger partial charge in [0.25, 0.3) is 5.91 Å². The maximum atomic E-state index is 13.1. The van der Waals surface area contributed by atoms with Gasteiger partial charge in [0.05, 0.1) is 35.3 Å². The molecular formula is C27H28N8O3. The van der Waals surface area contributed by atoms with Crippen molar-refractivity contribution >= 4 is 34.6 Å². The second kappa shape index (κ2) is 10.4. The van der Waals surface area contributed by atoms with Gasteiger partial charge in [0.15, 0.2) is 5.69 Å². The molecule has 1 saturated heterocycles. The van der Waals surface area contributed by atoms with E-state index in [1.807, 2.05) is 12.1 Å². The molecule has 0 unspecified atom stereocenters. The third kappa shape index (κ3) is 5.23. The molecule has 4 N–H and O–H groups in total. The van der Waals surface area contributed by atoms with Crippen LogP contribution >= 0.6 is 0 Å². The predicted octanol–water partition coefficient (Wildman–Crippen LogP) is 2.87. The minimum Gasteiger partial charge on any atom is -0.366 e. The van der Waals surface area contributed by atoms with E-state index in [2.05, 4.69) is 37.8 Å². The van der Waals surface area contributed by atoms with Crippen LogP contribution in [0.2, 0.25) is 0 Å². The van der Waals surface area contributed by atoms with Gasteiger partial charge in [0, 0.05) is 23.4 Å². The third-order valence-electron chi connectivity index (χ3n) is 6.76. The number of nitrogens with zero attached hydrogens (tertiary/aromatic N) is 5. The van der Waals surface area contributed by atoms with Crippen LogP contribution in [-0.2, 0) is 4.79 Å². The lowest BCUT2D eigenvalue weighted by atomic mass is 10.0. The van der Waals surface area contributed by atoms with E-state index in [0.717, 1.165) is 30.5 Å². The number of aryl methyl sites for hydroxylation is 1. The van der Waals surface area contributed by atoms with Gasteiger partial charge in [-0.1, -0.05) is 23.4 Å². The zero-order valence-corrected chi connectivity index (χ0v) is 21.1. The maximum Gasteiger partial charge on any atom is 0.278 e. The summed E-state index contributed by atoms with van der Waals surface area (Å²) in [6.07, 6.45) is 5.48. The van der Waals surface area contributed by atoms with Gasteiger partial charge >= 0.3 is 0 Å². The summed E-state index contributed by atoms with van der Waals surface area (Å²) in [4.78, 5) is 43.7. The lowest BCUT2D eigenvalue weighted by Gasteiger charge is -2.20. The van der Waals surface area contributed by atoms with Crippen LogP contribution < -0.4 is 16.4 Å². The molecule has 11 heteroatoms. The highest BCUT2D eigenvalue weighted by atomic mass is 16.2. The van der Waals surface area contributed by atoms with Crippen LogP contribution in [0.15, 0.2) is 54.9 Å². The number of pyridine rings is 2. The summed E-state index contributed by atoms with van der Waals surface area (Å²) in [5, 5.41) is 13.9. The van der Waals surface area contributed by atoms with Crippen molar-refractivity contribution in [2.45, 2.75) is 32.7 Å². The molecule has 1 aliphatic heterocycles. The summed E-state index contributed by atoms with van der Waals surface area (Å²) in [5.74, 6) is -1.09. The standard InChI is InChI=1S/C27H28N8O3/c1-16-5-4-10-34(16)15-24(36)30-21-12-22(17(2)29-13-21)31-27(38)25-23-9-8-20(14-35(23)33-32-25)18-6-3-7-19(11-18)26(28)37/h3,6-9,11-14,16H,4-5,10,15H2,1-2H3,(H2,28,37)(H,30,36)(H,31,38)/t16-/m0/s1. The van der Waals surface area contributed by atoms with E-state index in [1.165, 1.54) is 4.52 Å². The van der Waals surface area contributed by atoms with E-state index < -0.39 is 11.8 Å². The fraction of sp³-hybridized carbons (Fsp3) is 0.259. The van der Waals surface area contributed by atoms with Gasteiger partial charge in [0.2, 0.25) is 11.8 Å². The molecule has 38 heavy (non-hydrogen) atoms. The van der Waals surface area contributed by atoms with Crippen LogP contribution in [-0.4, -0.2) is 61.6 Å². The van der Waals surface area contributed by atoms with E-state index in [-0.39, 0.29) is 11.6 Å². The molecule has 5 rings (SSSR count). The Bertz CT molecular complexity index is 1550. The van der Waals surface area contributed by atoms with Crippen LogP contribution in [0.5, 0.6) is 0 Å². The Hall–Kier alpha value is -4.64. The van der Waals surface area contributed by atoms with Gasteiger partial charge in [0.1, 0.15) is 0 Å². The van der Waals surface area contributed by atoms with Crippen molar-refractivity contribution in [1.82, 2.24) is 24.7 Å². The largest absolute Gasteiger partial charge is 0.366 e. The molecule has 194 valence electrons. The number of aromatic nitrogens is 4. The molecule has 4 heterocycles. The van der Waals surface area contributed by atoms with Crippen LogP contribution in [0.3, 0.4) is 0 Å². The first-order valence-corrected chi connectivity index (χ1v) is 12.4. The average Bonchev–Trinajstić information content (AvgIpc) is 3.51. The first-order valence-electron chi connectivity index (χ1n) is 12.4. The van der Waals surface area contributed by atoms with Crippen molar-refractivity contribution in [1.29, 1.82) is 0 Å². The molecule has 11 nitrogen and oxygen atoms in total. The van der Waals surface area contributed by atoms with E-state index in [0.29, 0.717) is 40.7 Å². The van der Waals surface area contributed by atoms with Crippen molar-refractivity contribution in [3.8, 4) is 11.1 Å². The number of anilines is 2. The van der Waals surface area contributed by atoms with Crippen molar-refractivity contribution < 1.29 is 14.4 Å². The molecule has 1 aromatic carbocycles. The average molecular weight is 513 g/mol. The Morgan fingerprint density at radius 2 is 1.95 bits per heavy atom.